The summed E-state index contributed by atoms with van der Waals surface area (Å²) in [6.07, 6.45) is 1.54. The van der Waals surface area contributed by atoms with E-state index >= 15 is 0 Å². The van der Waals surface area contributed by atoms with E-state index in [4.69, 9.17) is 4.74 Å². The van der Waals surface area contributed by atoms with E-state index in [2.05, 4.69) is 0 Å². The fourth-order valence-corrected chi connectivity index (χ4v) is 0.940. The molecule has 0 aliphatic heterocycles. The van der Waals surface area contributed by atoms with Gasteiger partial charge in [0.1, 0.15) is 11.9 Å². The molecule has 0 saturated heterocycles. The second-order valence-electron chi connectivity index (χ2n) is 4.32. The first-order valence-electron chi connectivity index (χ1n) is 4.80. The van der Waals surface area contributed by atoms with Crippen LogP contribution in [0.2, 0.25) is 0 Å². The Morgan fingerprint density at radius 2 is 1.93 bits per heavy atom. The van der Waals surface area contributed by atoms with Crippen LogP contribution < -0.4 is 0 Å². The SMILES string of the molecule is CCC(OC)/C(O)=C/C(=O)C(C)(C)C.[Ru]. The molecular formula is C11H20O3Ru. The number of aliphatic hydroxyl groups excluding tert-OH is 1. The van der Waals surface area contributed by atoms with E-state index in [1.54, 1.807) is 0 Å². The number of hydrogen-bond acceptors (Lipinski definition) is 3. The third-order valence-corrected chi connectivity index (χ3v) is 2.00. The fraction of sp³-hybridized carbons (Fsp3) is 0.727. The molecule has 0 fully saturated rings. The summed E-state index contributed by atoms with van der Waals surface area (Å²) in [5.74, 6) is -0.0829. The number of ketones is 1. The van der Waals surface area contributed by atoms with E-state index in [-0.39, 0.29) is 37.1 Å². The van der Waals surface area contributed by atoms with Gasteiger partial charge in [0.2, 0.25) is 0 Å². The predicted octanol–water partition coefficient (Wildman–Crippen LogP) is 2.47. The average molecular weight is 301 g/mol. The van der Waals surface area contributed by atoms with Gasteiger partial charge in [-0.3, -0.25) is 4.79 Å². The Morgan fingerprint density at radius 1 is 1.47 bits per heavy atom. The molecule has 0 aliphatic rings. The minimum atomic E-state index is -0.458. The van der Waals surface area contributed by atoms with Gasteiger partial charge < -0.3 is 9.84 Å². The average Bonchev–Trinajstić information content (AvgIpc) is 2.04. The predicted molar refractivity (Wildman–Crippen MR) is 56.3 cm³/mol. The fourth-order valence-electron chi connectivity index (χ4n) is 0.940. The van der Waals surface area contributed by atoms with Gasteiger partial charge in [0.05, 0.1) is 0 Å². The van der Waals surface area contributed by atoms with Crippen LogP contribution in [0.1, 0.15) is 34.1 Å². The van der Waals surface area contributed by atoms with E-state index in [0.717, 1.165) is 0 Å². The van der Waals surface area contributed by atoms with E-state index in [0.29, 0.717) is 6.42 Å². The van der Waals surface area contributed by atoms with Gasteiger partial charge >= 0.3 is 0 Å². The molecule has 1 unspecified atom stereocenters. The Morgan fingerprint density at radius 3 is 2.20 bits per heavy atom. The van der Waals surface area contributed by atoms with Crippen molar-refractivity contribution < 1.29 is 34.1 Å². The quantitative estimate of drug-likeness (QED) is 0.493. The molecule has 0 aliphatic carbocycles. The maximum Gasteiger partial charge on any atom is 0.164 e. The largest absolute Gasteiger partial charge is 0.509 e. The van der Waals surface area contributed by atoms with Crippen molar-refractivity contribution in [1.82, 2.24) is 0 Å². The molecule has 3 nitrogen and oxygen atoms in total. The molecule has 0 heterocycles. The standard InChI is InChI=1S/C11H20O3.Ru/c1-6-9(14-5)8(12)7-10(13)11(2,3)4;/h7,9,12H,6H2,1-5H3;/b8-7-;. The van der Waals surface area contributed by atoms with Gasteiger partial charge in [0.25, 0.3) is 0 Å². The maximum atomic E-state index is 11.5. The van der Waals surface area contributed by atoms with Crippen LogP contribution in [0.15, 0.2) is 11.8 Å². The smallest absolute Gasteiger partial charge is 0.164 e. The summed E-state index contributed by atoms with van der Waals surface area (Å²) in [4.78, 5) is 11.5. The third kappa shape index (κ3) is 6.06. The van der Waals surface area contributed by atoms with Crippen molar-refractivity contribution in [2.24, 2.45) is 5.41 Å². The molecule has 0 aromatic carbocycles. The van der Waals surface area contributed by atoms with E-state index in [1.165, 1.54) is 13.2 Å². The van der Waals surface area contributed by atoms with Crippen molar-refractivity contribution in [3.63, 3.8) is 0 Å². The zero-order chi connectivity index (χ0) is 11.4. The van der Waals surface area contributed by atoms with Gasteiger partial charge in [0.15, 0.2) is 5.78 Å². The summed E-state index contributed by atoms with van der Waals surface area (Å²) in [5.41, 5.74) is -0.458. The summed E-state index contributed by atoms with van der Waals surface area (Å²) >= 11 is 0. The monoisotopic (exact) mass is 302 g/mol. The molecule has 15 heavy (non-hydrogen) atoms. The van der Waals surface area contributed by atoms with E-state index in [9.17, 15) is 9.90 Å². The Hall–Kier alpha value is -0.207. The van der Waals surface area contributed by atoms with Crippen molar-refractivity contribution in [1.29, 1.82) is 0 Å². The summed E-state index contributed by atoms with van der Waals surface area (Å²) in [5, 5.41) is 9.56. The topological polar surface area (TPSA) is 46.5 Å². The number of carbonyl (C=O) groups is 1. The van der Waals surface area contributed by atoms with Crippen LogP contribution in [-0.2, 0) is 29.0 Å². The summed E-state index contributed by atoms with van der Waals surface area (Å²) < 4.78 is 5.00. The van der Waals surface area contributed by atoms with Crippen LogP contribution in [0.25, 0.3) is 0 Å². The first-order valence-corrected chi connectivity index (χ1v) is 4.80. The number of methoxy groups -OCH3 is 1. The minimum absolute atomic E-state index is 0. The van der Waals surface area contributed by atoms with Gasteiger partial charge in [0, 0.05) is 38.1 Å². The first kappa shape index (κ1) is 17.2. The zero-order valence-corrected chi connectivity index (χ0v) is 11.7. The van der Waals surface area contributed by atoms with E-state index < -0.39 is 5.41 Å². The van der Waals surface area contributed by atoms with Gasteiger partial charge in [-0.2, -0.15) is 0 Å². The molecule has 4 heteroatoms. The number of rotatable bonds is 4. The molecule has 0 radical (unpaired) electrons. The Labute approximate surface area is 105 Å². The van der Waals surface area contributed by atoms with Crippen molar-refractivity contribution in [3.8, 4) is 0 Å². The minimum Gasteiger partial charge on any atom is -0.509 e. The third-order valence-electron chi connectivity index (χ3n) is 2.00. The normalized spacial score (nSPS) is 14.3. The molecular weight excluding hydrogens is 281 g/mol. The van der Waals surface area contributed by atoms with Gasteiger partial charge in [-0.05, 0) is 6.42 Å². The zero-order valence-electron chi connectivity index (χ0n) is 9.98. The molecule has 0 aromatic heterocycles. The molecule has 0 bridgehead atoms. The van der Waals surface area contributed by atoms with Crippen molar-refractivity contribution in [3.05, 3.63) is 11.8 Å². The second kappa shape index (κ2) is 7.13. The van der Waals surface area contributed by atoms with Crippen molar-refractivity contribution in [2.45, 2.75) is 40.2 Å². The summed E-state index contributed by atoms with van der Waals surface area (Å²) in [6.45, 7) is 7.33. The molecule has 0 rings (SSSR count). The van der Waals surface area contributed by atoms with Crippen LogP contribution in [0.3, 0.4) is 0 Å². The number of allylic oxidation sites excluding steroid dienone is 1. The van der Waals surface area contributed by atoms with Crippen LogP contribution in [0.5, 0.6) is 0 Å². The van der Waals surface area contributed by atoms with Crippen molar-refractivity contribution >= 4 is 5.78 Å². The van der Waals surface area contributed by atoms with Gasteiger partial charge in [-0.1, -0.05) is 27.7 Å². The molecule has 0 amide bonds. The van der Waals surface area contributed by atoms with Crippen LogP contribution in [0.4, 0.5) is 0 Å². The molecule has 0 spiro atoms. The molecule has 90 valence electrons. The summed E-state index contributed by atoms with van der Waals surface area (Å²) in [7, 11) is 1.51. The number of carbonyl (C=O) groups excluding carboxylic acids is 1. The van der Waals surface area contributed by atoms with Crippen LogP contribution in [-0.4, -0.2) is 24.1 Å². The van der Waals surface area contributed by atoms with Crippen LogP contribution in [0, 0.1) is 5.41 Å². The Bertz CT molecular complexity index is 224. The maximum absolute atomic E-state index is 11.5. The Kier molecular flexibility index (Phi) is 8.17. The van der Waals surface area contributed by atoms with Crippen molar-refractivity contribution in [2.75, 3.05) is 7.11 Å². The first-order chi connectivity index (χ1) is 6.32. The molecule has 0 saturated carbocycles. The number of aliphatic hydroxyl groups is 1. The van der Waals surface area contributed by atoms with Gasteiger partial charge in [-0.15, -0.1) is 0 Å². The second-order valence-corrected chi connectivity index (χ2v) is 4.32. The molecule has 1 N–H and O–H groups in total. The summed E-state index contributed by atoms with van der Waals surface area (Å²) in [6, 6.07) is 0. The van der Waals surface area contributed by atoms with E-state index in [1.807, 2.05) is 27.7 Å². The molecule has 0 aromatic rings. The number of ether oxygens (including phenoxy) is 1. The number of hydrogen-bond donors (Lipinski definition) is 1. The molecule has 1 atom stereocenters. The van der Waals surface area contributed by atoms with Crippen LogP contribution >= 0.6 is 0 Å². The van der Waals surface area contributed by atoms with Gasteiger partial charge in [-0.25, -0.2) is 0 Å². The Balaban J connectivity index is 0.